The van der Waals surface area contributed by atoms with E-state index in [2.05, 4.69) is 37.1 Å². The second-order valence-electron chi connectivity index (χ2n) is 5.20. The highest BCUT2D eigenvalue weighted by atomic mass is 16.4. The summed E-state index contributed by atoms with van der Waals surface area (Å²) in [7, 11) is 1.94. The molecule has 0 amide bonds. The maximum atomic E-state index is 5.70. The predicted molar refractivity (Wildman–Crippen MR) is 70.5 cm³/mol. The van der Waals surface area contributed by atoms with Crippen LogP contribution in [0.25, 0.3) is 0 Å². The number of nitrogens with zero attached hydrogens (tertiary/aromatic N) is 3. The smallest absolute Gasteiger partial charge is 0.194 e. The maximum Gasteiger partial charge on any atom is 0.194 e. The van der Waals surface area contributed by atoms with Gasteiger partial charge >= 0.3 is 0 Å². The van der Waals surface area contributed by atoms with Crippen molar-refractivity contribution in [1.29, 1.82) is 0 Å². The second-order valence-corrected chi connectivity index (χ2v) is 5.20. The first-order valence-corrected chi connectivity index (χ1v) is 6.49. The highest BCUT2D eigenvalue weighted by Gasteiger charge is 2.11. The fourth-order valence-corrected chi connectivity index (χ4v) is 1.91. The molecule has 0 fully saturated rings. The third-order valence-corrected chi connectivity index (χ3v) is 3.23. The fourth-order valence-electron chi connectivity index (χ4n) is 1.91. The standard InChI is InChI=1S/C14H21N3O/c1-10(2)13-8-15-14(18-13)6-5-11(3)12-7-16-17(4)9-12/h7-11H,5-6H2,1-4H3. The molecule has 2 aromatic heterocycles. The molecule has 1 unspecified atom stereocenters. The van der Waals surface area contributed by atoms with Crippen molar-refractivity contribution in [2.45, 2.75) is 45.4 Å². The Morgan fingerprint density at radius 2 is 2.06 bits per heavy atom. The first-order chi connectivity index (χ1) is 8.56. The van der Waals surface area contributed by atoms with Gasteiger partial charge in [0.05, 0.1) is 12.4 Å². The first kappa shape index (κ1) is 12.9. The summed E-state index contributed by atoms with van der Waals surface area (Å²) in [6, 6.07) is 0. The minimum atomic E-state index is 0.405. The zero-order valence-electron chi connectivity index (χ0n) is 11.6. The van der Waals surface area contributed by atoms with E-state index in [0.717, 1.165) is 24.5 Å². The number of hydrogen-bond donors (Lipinski definition) is 0. The Balaban J connectivity index is 1.90. The molecule has 0 aromatic carbocycles. The Morgan fingerprint density at radius 1 is 1.28 bits per heavy atom. The molecule has 4 heteroatoms. The largest absolute Gasteiger partial charge is 0.445 e. The van der Waals surface area contributed by atoms with Crippen molar-refractivity contribution in [1.82, 2.24) is 14.8 Å². The van der Waals surface area contributed by atoms with Crippen molar-refractivity contribution in [2.75, 3.05) is 0 Å². The van der Waals surface area contributed by atoms with Gasteiger partial charge in [-0.25, -0.2) is 4.98 Å². The van der Waals surface area contributed by atoms with E-state index in [1.165, 1.54) is 5.56 Å². The van der Waals surface area contributed by atoms with E-state index in [0.29, 0.717) is 11.8 Å². The monoisotopic (exact) mass is 247 g/mol. The van der Waals surface area contributed by atoms with Crippen LogP contribution in [-0.2, 0) is 13.5 Å². The molecule has 0 aliphatic heterocycles. The van der Waals surface area contributed by atoms with Crippen LogP contribution in [0.4, 0.5) is 0 Å². The van der Waals surface area contributed by atoms with Crippen LogP contribution in [0.5, 0.6) is 0 Å². The van der Waals surface area contributed by atoms with Crippen molar-refractivity contribution in [3.8, 4) is 0 Å². The van der Waals surface area contributed by atoms with Crippen LogP contribution in [0.1, 0.15) is 56.2 Å². The second kappa shape index (κ2) is 5.38. The molecule has 0 saturated carbocycles. The van der Waals surface area contributed by atoms with E-state index < -0.39 is 0 Å². The molecule has 0 bridgehead atoms. The van der Waals surface area contributed by atoms with Gasteiger partial charge in [-0.15, -0.1) is 0 Å². The minimum absolute atomic E-state index is 0.405. The maximum absolute atomic E-state index is 5.70. The van der Waals surface area contributed by atoms with Crippen LogP contribution >= 0.6 is 0 Å². The summed E-state index contributed by atoms with van der Waals surface area (Å²) < 4.78 is 7.55. The molecule has 2 heterocycles. The topological polar surface area (TPSA) is 43.9 Å². The van der Waals surface area contributed by atoms with Crippen molar-refractivity contribution in [2.24, 2.45) is 7.05 Å². The van der Waals surface area contributed by atoms with Gasteiger partial charge in [-0.3, -0.25) is 4.68 Å². The minimum Gasteiger partial charge on any atom is -0.445 e. The Labute approximate surface area is 108 Å². The molecule has 2 aromatic rings. The number of aryl methyl sites for hydroxylation is 2. The number of hydrogen-bond acceptors (Lipinski definition) is 3. The lowest BCUT2D eigenvalue weighted by molar-refractivity contribution is 0.429. The molecule has 98 valence electrons. The van der Waals surface area contributed by atoms with E-state index in [-0.39, 0.29) is 0 Å². The van der Waals surface area contributed by atoms with Crippen LogP contribution in [0.2, 0.25) is 0 Å². The van der Waals surface area contributed by atoms with E-state index in [9.17, 15) is 0 Å². The Hall–Kier alpha value is -1.58. The van der Waals surface area contributed by atoms with Crippen LogP contribution in [0, 0.1) is 0 Å². The fraction of sp³-hybridized carbons (Fsp3) is 0.571. The molecule has 0 aliphatic rings. The Kier molecular flexibility index (Phi) is 3.84. The van der Waals surface area contributed by atoms with Crippen LogP contribution in [-0.4, -0.2) is 14.8 Å². The van der Waals surface area contributed by atoms with E-state index >= 15 is 0 Å². The SMILES string of the molecule is CC(C)c1cnc(CCC(C)c2cnn(C)c2)o1. The summed E-state index contributed by atoms with van der Waals surface area (Å²) in [5, 5.41) is 4.20. The van der Waals surface area contributed by atoms with Crippen molar-refractivity contribution >= 4 is 0 Å². The van der Waals surface area contributed by atoms with Gasteiger partial charge in [0, 0.05) is 25.6 Å². The third-order valence-electron chi connectivity index (χ3n) is 3.23. The van der Waals surface area contributed by atoms with Crippen molar-refractivity contribution in [3.05, 3.63) is 35.8 Å². The molecule has 0 radical (unpaired) electrons. The summed E-state index contributed by atoms with van der Waals surface area (Å²) in [6.07, 6.45) is 7.75. The Bertz CT molecular complexity index is 499. The molecule has 0 aliphatic carbocycles. The molecule has 4 nitrogen and oxygen atoms in total. The van der Waals surface area contributed by atoms with Crippen LogP contribution in [0.3, 0.4) is 0 Å². The van der Waals surface area contributed by atoms with Gasteiger partial charge in [-0.2, -0.15) is 5.10 Å². The molecular formula is C14H21N3O. The number of rotatable bonds is 5. The van der Waals surface area contributed by atoms with E-state index in [1.807, 2.05) is 24.1 Å². The molecule has 2 rings (SSSR count). The summed E-state index contributed by atoms with van der Waals surface area (Å²) in [5.41, 5.74) is 1.27. The summed E-state index contributed by atoms with van der Waals surface area (Å²) in [5.74, 6) is 2.70. The van der Waals surface area contributed by atoms with Crippen molar-refractivity contribution in [3.63, 3.8) is 0 Å². The lowest BCUT2D eigenvalue weighted by atomic mass is 9.99. The molecule has 18 heavy (non-hydrogen) atoms. The van der Waals surface area contributed by atoms with Crippen LogP contribution in [0.15, 0.2) is 23.0 Å². The highest BCUT2D eigenvalue weighted by molar-refractivity contribution is 5.10. The molecule has 1 atom stereocenters. The van der Waals surface area contributed by atoms with Gasteiger partial charge in [0.15, 0.2) is 5.89 Å². The Morgan fingerprint density at radius 3 is 2.61 bits per heavy atom. The van der Waals surface area contributed by atoms with Gasteiger partial charge in [0.2, 0.25) is 0 Å². The lowest BCUT2D eigenvalue weighted by Crippen LogP contribution is -1.95. The zero-order valence-corrected chi connectivity index (χ0v) is 11.6. The summed E-state index contributed by atoms with van der Waals surface area (Å²) in [6.45, 7) is 6.44. The lowest BCUT2D eigenvalue weighted by Gasteiger charge is -2.06. The zero-order chi connectivity index (χ0) is 13.1. The average molecular weight is 247 g/mol. The highest BCUT2D eigenvalue weighted by Crippen LogP contribution is 2.21. The van der Waals surface area contributed by atoms with E-state index in [1.54, 1.807) is 0 Å². The van der Waals surface area contributed by atoms with Gasteiger partial charge in [-0.1, -0.05) is 20.8 Å². The molecule has 0 N–H and O–H groups in total. The van der Waals surface area contributed by atoms with Gasteiger partial charge < -0.3 is 4.42 Å². The van der Waals surface area contributed by atoms with Gasteiger partial charge in [0.1, 0.15) is 5.76 Å². The number of aromatic nitrogens is 3. The van der Waals surface area contributed by atoms with Gasteiger partial charge in [-0.05, 0) is 17.9 Å². The predicted octanol–water partition coefficient (Wildman–Crippen LogP) is 3.27. The quantitative estimate of drug-likeness (QED) is 0.814. The van der Waals surface area contributed by atoms with Crippen LogP contribution < -0.4 is 0 Å². The third kappa shape index (κ3) is 3.00. The first-order valence-electron chi connectivity index (χ1n) is 6.49. The molecular weight excluding hydrogens is 226 g/mol. The molecule has 0 saturated heterocycles. The van der Waals surface area contributed by atoms with E-state index in [4.69, 9.17) is 4.42 Å². The molecule has 0 spiro atoms. The number of oxazole rings is 1. The summed E-state index contributed by atoms with van der Waals surface area (Å²) in [4.78, 5) is 4.32. The normalized spacial score (nSPS) is 13.2. The average Bonchev–Trinajstić information content (AvgIpc) is 2.94. The summed E-state index contributed by atoms with van der Waals surface area (Å²) >= 11 is 0. The van der Waals surface area contributed by atoms with Gasteiger partial charge in [0.25, 0.3) is 0 Å². The van der Waals surface area contributed by atoms with Crippen molar-refractivity contribution < 1.29 is 4.42 Å².